The lowest BCUT2D eigenvalue weighted by molar-refractivity contribution is -0.0250. The highest BCUT2D eigenvalue weighted by Crippen LogP contribution is 2.11. The van der Waals surface area contributed by atoms with E-state index >= 15 is 0 Å². The smallest absolute Gasteiger partial charge is 0.0701 e. The van der Waals surface area contributed by atoms with E-state index in [0.717, 1.165) is 26.1 Å². The van der Waals surface area contributed by atoms with Crippen LogP contribution in [-0.2, 0) is 42.6 Å². The van der Waals surface area contributed by atoms with Gasteiger partial charge in [-0.3, -0.25) is 0 Å². The van der Waals surface area contributed by atoms with Crippen molar-refractivity contribution in [1.82, 2.24) is 0 Å². The van der Waals surface area contributed by atoms with Gasteiger partial charge in [0.25, 0.3) is 0 Å². The molecule has 0 aromatic heterocycles. The van der Waals surface area contributed by atoms with E-state index in [1.165, 1.54) is 83.5 Å². The largest absolute Gasteiger partial charge is 0.379 e. The Hall–Kier alpha value is -0.360. The highest BCUT2D eigenvalue weighted by Gasteiger charge is 1.97. The van der Waals surface area contributed by atoms with E-state index in [0.29, 0.717) is 106 Å². The zero-order valence-electron chi connectivity index (χ0n) is 29.0. The molecule has 0 aliphatic rings. The molecule has 0 aromatic rings. The summed E-state index contributed by atoms with van der Waals surface area (Å²) in [6, 6.07) is 0. The van der Waals surface area contributed by atoms with Gasteiger partial charge in [0, 0.05) is 13.2 Å². The van der Waals surface area contributed by atoms with E-state index in [2.05, 4.69) is 13.8 Å². The van der Waals surface area contributed by atoms with Crippen molar-refractivity contribution in [2.45, 2.75) is 110 Å². The van der Waals surface area contributed by atoms with Crippen LogP contribution in [0.1, 0.15) is 110 Å². The highest BCUT2D eigenvalue weighted by molar-refractivity contribution is 4.48. The van der Waals surface area contributed by atoms with Crippen molar-refractivity contribution in [3.63, 3.8) is 0 Å². The molecule has 0 aliphatic heterocycles. The summed E-state index contributed by atoms with van der Waals surface area (Å²) in [7, 11) is 0. The molecular formula is C35H72O9. The fourth-order valence-electron chi connectivity index (χ4n) is 4.36. The Morgan fingerprint density at radius 2 is 0.341 bits per heavy atom. The number of unbranched alkanes of at least 4 members (excludes halogenated alkanes) is 13. The van der Waals surface area contributed by atoms with Crippen LogP contribution < -0.4 is 0 Å². The molecule has 9 nitrogen and oxygen atoms in total. The van der Waals surface area contributed by atoms with Gasteiger partial charge in [-0.05, 0) is 12.8 Å². The van der Waals surface area contributed by atoms with Gasteiger partial charge < -0.3 is 42.6 Å². The second-order valence-corrected chi connectivity index (χ2v) is 11.1. The Balaban J connectivity index is 3.03. The van der Waals surface area contributed by atoms with Crippen molar-refractivity contribution < 1.29 is 42.6 Å². The molecule has 0 aromatic carbocycles. The van der Waals surface area contributed by atoms with Crippen molar-refractivity contribution in [2.75, 3.05) is 119 Å². The summed E-state index contributed by atoms with van der Waals surface area (Å²) in [6.07, 6.45) is 19.8. The molecule has 0 saturated heterocycles. The van der Waals surface area contributed by atoms with Gasteiger partial charge in [-0.1, -0.05) is 97.3 Å². The van der Waals surface area contributed by atoms with E-state index in [1.54, 1.807) is 0 Å². The molecule has 266 valence electrons. The minimum atomic E-state index is 0.543. The van der Waals surface area contributed by atoms with E-state index in [-0.39, 0.29) is 0 Å². The molecule has 0 bridgehead atoms. The van der Waals surface area contributed by atoms with Gasteiger partial charge in [0.05, 0.1) is 106 Å². The van der Waals surface area contributed by atoms with Crippen LogP contribution in [0.5, 0.6) is 0 Å². The summed E-state index contributed by atoms with van der Waals surface area (Å²) < 4.78 is 49.8. The zero-order valence-corrected chi connectivity index (χ0v) is 29.0. The molecule has 0 spiro atoms. The minimum Gasteiger partial charge on any atom is -0.379 e. The van der Waals surface area contributed by atoms with Gasteiger partial charge in [0.15, 0.2) is 0 Å². The highest BCUT2D eigenvalue weighted by atomic mass is 16.6. The average molecular weight is 637 g/mol. The van der Waals surface area contributed by atoms with Crippen LogP contribution in [0.3, 0.4) is 0 Å². The Labute approximate surface area is 271 Å². The van der Waals surface area contributed by atoms with Crippen LogP contribution in [0.2, 0.25) is 0 Å². The lowest BCUT2D eigenvalue weighted by Gasteiger charge is -2.09. The maximum absolute atomic E-state index is 5.66. The molecular weight excluding hydrogens is 564 g/mol. The molecule has 0 amide bonds. The predicted octanol–water partition coefficient (Wildman–Crippen LogP) is 7.03. The summed E-state index contributed by atoms with van der Waals surface area (Å²) in [6.45, 7) is 15.4. The molecule has 44 heavy (non-hydrogen) atoms. The third-order valence-electron chi connectivity index (χ3n) is 7.01. The van der Waals surface area contributed by atoms with Gasteiger partial charge in [0.1, 0.15) is 0 Å². The van der Waals surface area contributed by atoms with Crippen molar-refractivity contribution in [1.29, 1.82) is 0 Å². The van der Waals surface area contributed by atoms with Crippen molar-refractivity contribution in [2.24, 2.45) is 0 Å². The standard InChI is InChI=1S/C35H72O9/c1-3-5-7-9-10-11-12-13-14-15-17-19-37-21-23-39-25-27-41-29-31-43-33-35-44-34-32-42-30-28-40-26-24-38-22-20-36-18-16-8-6-4-2/h3-35H2,1-2H3. The quantitative estimate of drug-likeness (QED) is 0.0657. The third kappa shape index (κ3) is 41.6. The SMILES string of the molecule is CCCCCCCCCCCCCOCCOCCOCCOCCOCCOCCOCCOCCOCCCCCC. The maximum Gasteiger partial charge on any atom is 0.0701 e. The maximum atomic E-state index is 5.66. The molecule has 0 rings (SSSR count). The first-order chi connectivity index (χ1) is 21.9. The Bertz CT molecular complexity index is 443. The van der Waals surface area contributed by atoms with E-state index in [9.17, 15) is 0 Å². The van der Waals surface area contributed by atoms with E-state index in [4.69, 9.17) is 42.6 Å². The van der Waals surface area contributed by atoms with Crippen LogP contribution in [0.4, 0.5) is 0 Å². The lowest BCUT2D eigenvalue weighted by Crippen LogP contribution is -2.15. The fourth-order valence-corrected chi connectivity index (χ4v) is 4.36. The zero-order chi connectivity index (χ0) is 31.7. The van der Waals surface area contributed by atoms with Gasteiger partial charge in [-0.2, -0.15) is 0 Å². The monoisotopic (exact) mass is 637 g/mol. The van der Waals surface area contributed by atoms with Gasteiger partial charge in [-0.25, -0.2) is 0 Å². The third-order valence-corrected chi connectivity index (χ3v) is 7.01. The summed E-state index contributed by atoms with van der Waals surface area (Å²) >= 11 is 0. The summed E-state index contributed by atoms with van der Waals surface area (Å²) in [4.78, 5) is 0. The molecule has 0 radical (unpaired) electrons. The molecule has 0 atom stereocenters. The molecule has 0 unspecified atom stereocenters. The summed E-state index contributed by atoms with van der Waals surface area (Å²) in [5.74, 6) is 0. The number of rotatable bonds is 41. The Morgan fingerprint density at radius 3 is 0.568 bits per heavy atom. The molecule has 9 heteroatoms. The first kappa shape index (κ1) is 43.6. The Morgan fingerprint density at radius 1 is 0.182 bits per heavy atom. The van der Waals surface area contributed by atoms with E-state index < -0.39 is 0 Å². The molecule has 0 saturated carbocycles. The Kier molecular flexibility index (Phi) is 42.3. The van der Waals surface area contributed by atoms with Crippen LogP contribution >= 0.6 is 0 Å². The van der Waals surface area contributed by atoms with Gasteiger partial charge >= 0.3 is 0 Å². The first-order valence-corrected chi connectivity index (χ1v) is 18.1. The first-order valence-electron chi connectivity index (χ1n) is 18.1. The van der Waals surface area contributed by atoms with Crippen LogP contribution in [0.15, 0.2) is 0 Å². The van der Waals surface area contributed by atoms with Crippen molar-refractivity contribution >= 4 is 0 Å². The van der Waals surface area contributed by atoms with Gasteiger partial charge in [-0.15, -0.1) is 0 Å². The van der Waals surface area contributed by atoms with Crippen LogP contribution in [0.25, 0.3) is 0 Å². The topological polar surface area (TPSA) is 83.1 Å². The number of hydrogen-bond donors (Lipinski definition) is 0. The van der Waals surface area contributed by atoms with Crippen LogP contribution in [0, 0.1) is 0 Å². The second-order valence-electron chi connectivity index (χ2n) is 11.1. The minimum absolute atomic E-state index is 0.543. The molecule has 0 aliphatic carbocycles. The molecule has 0 fully saturated rings. The van der Waals surface area contributed by atoms with Crippen molar-refractivity contribution in [3.8, 4) is 0 Å². The van der Waals surface area contributed by atoms with Crippen LogP contribution in [-0.4, -0.2) is 119 Å². The predicted molar refractivity (Wildman–Crippen MR) is 178 cm³/mol. The summed E-state index contributed by atoms with van der Waals surface area (Å²) in [5.41, 5.74) is 0. The second kappa shape index (κ2) is 42.6. The van der Waals surface area contributed by atoms with Gasteiger partial charge in [0.2, 0.25) is 0 Å². The number of ether oxygens (including phenoxy) is 9. The lowest BCUT2D eigenvalue weighted by atomic mass is 10.1. The average Bonchev–Trinajstić information content (AvgIpc) is 3.04. The summed E-state index contributed by atoms with van der Waals surface area (Å²) in [5, 5.41) is 0. The number of hydrogen-bond acceptors (Lipinski definition) is 9. The van der Waals surface area contributed by atoms with Crippen molar-refractivity contribution in [3.05, 3.63) is 0 Å². The molecule has 0 heterocycles. The molecule has 0 N–H and O–H groups in total. The normalized spacial score (nSPS) is 11.6. The van der Waals surface area contributed by atoms with E-state index in [1.807, 2.05) is 0 Å². The fraction of sp³-hybridized carbons (Fsp3) is 1.00.